The number of nitrogens with one attached hydrogen (secondary N) is 1. The Morgan fingerprint density at radius 3 is 2.69 bits per heavy atom. The van der Waals surface area contributed by atoms with Crippen molar-refractivity contribution in [3.63, 3.8) is 0 Å². The highest BCUT2D eigenvalue weighted by Crippen LogP contribution is 2.12. The van der Waals surface area contributed by atoms with E-state index in [4.69, 9.17) is 0 Å². The molecule has 0 aliphatic carbocycles. The maximum atomic E-state index is 10.5. The zero-order chi connectivity index (χ0) is 9.68. The van der Waals surface area contributed by atoms with Gasteiger partial charge in [-0.15, -0.1) is 0 Å². The Labute approximate surface area is 76.8 Å². The molecular formula is C10H11NO2. The fraction of sp³-hybridized carbons (Fsp3) is 0.200. The van der Waals surface area contributed by atoms with Crippen LogP contribution < -0.4 is 5.32 Å². The molecule has 0 aliphatic heterocycles. The van der Waals surface area contributed by atoms with Gasteiger partial charge in [0.1, 0.15) is 12.6 Å². The molecule has 0 aromatic heterocycles. The lowest BCUT2D eigenvalue weighted by Gasteiger charge is -2.04. The molecule has 13 heavy (non-hydrogen) atoms. The van der Waals surface area contributed by atoms with E-state index < -0.39 is 0 Å². The summed E-state index contributed by atoms with van der Waals surface area (Å²) in [7, 11) is 0. The quantitative estimate of drug-likeness (QED) is 0.707. The molecule has 3 heteroatoms. The van der Waals surface area contributed by atoms with E-state index in [1.165, 1.54) is 0 Å². The monoisotopic (exact) mass is 177 g/mol. The second-order valence-corrected chi connectivity index (χ2v) is 2.74. The van der Waals surface area contributed by atoms with Gasteiger partial charge < -0.3 is 10.1 Å². The molecule has 0 bridgehead atoms. The predicted molar refractivity (Wildman–Crippen MR) is 51.1 cm³/mol. The summed E-state index contributed by atoms with van der Waals surface area (Å²) in [5.41, 5.74) is 2.44. The van der Waals surface area contributed by atoms with Crippen molar-refractivity contribution in [2.75, 3.05) is 11.9 Å². The van der Waals surface area contributed by atoms with E-state index in [-0.39, 0.29) is 0 Å². The van der Waals surface area contributed by atoms with E-state index in [0.717, 1.165) is 23.8 Å². The van der Waals surface area contributed by atoms with Crippen molar-refractivity contribution in [3.05, 3.63) is 29.3 Å². The summed E-state index contributed by atoms with van der Waals surface area (Å²) in [5, 5.41) is 2.90. The number of aldehydes is 2. The maximum absolute atomic E-state index is 10.5. The van der Waals surface area contributed by atoms with Crippen molar-refractivity contribution < 1.29 is 9.59 Å². The third-order valence-electron chi connectivity index (χ3n) is 1.79. The van der Waals surface area contributed by atoms with E-state index in [9.17, 15) is 9.59 Å². The first-order valence-corrected chi connectivity index (χ1v) is 4.01. The zero-order valence-electron chi connectivity index (χ0n) is 7.41. The van der Waals surface area contributed by atoms with Crippen LogP contribution in [0.5, 0.6) is 0 Å². The zero-order valence-corrected chi connectivity index (χ0v) is 7.41. The Hall–Kier alpha value is -1.64. The minimum Gasteiger partial charge on any atom is -0.378 e. The van der Waals surface area contributed by atoms with E-state index in [2.05, 4.69) is 5.32 Å². The van der Waals surface area contributed by atoms with Gasteiger partial charge >= 0.3 is 0 Å². The van der Waals surface area contributed by atoms with Gasteiger partial charge in [0.15, 0.2) is 0 Å². The topological polar surface area (TPSA) is 46.2 Å². The summed E-state index contributed by atoms with van der Waals surface area (Å²) in [4.78, 5) is 20.5. The average Bonchev–Trinajstić information content (AvgIpc) is 2.15. The lowest BCUT2D eigenvalue weighted by molar-refractivity contribution is -0.106. The minimum atomic E-state index is 0.292. The standard InChI is InChI=1S/C10H11NO2/c1-8-6-10(11-4-5-12)3-2-9(8)7-13/h2-3,5-7,11H,4H2,1H3. The second kappa shape index (κ2) is 4.40. The van der Waals surface area contributed by atoms with Gasteiger partial charge in [0.05, 0.1) is 6.54 Å². The summed E-state index contributed by atoms with van der Waals surface area (Å²) in [6.45, 7) is 2.15. The van der Waals surface area contributed by atoms with Gasteiger partial charge in [0.25, 0.3) is 0 Å². The summed E-state index contributed by atoms with van der Waals surface area (Å²) in [6, 6.07) is 5.35. The molecule has 0 spiro atoms. The van der Waals surface area contributed by atoms with Gasteiger partial charge in [-0.05, 0) is 30.7 Å². The summed E-state index contributed by atoms with van der Waals surface area (Å²) in [6.07, 6.45) is 1.61. The fourth-order valence-electron chi connectivity index (χ4n) is 1.08. The number of rotatable bonds is 4. The SMILES string of the molecule is Cc1cc(NCC=O)ccc1C=O. The average molecular weight is 177 g/mol. The Kier molecular flexibility index (Phi) is 3.20. The molecule has 0 atom stereocenters. The lowest BCUT2D eigenvalue weighted by Crippen LogP contribution is -2.02. The highest BCUT2D eigenvalue weighted by molar-refractivity contribution is 5.78. The highest BCUT2D eigenvalue weighted by Gasteiger charge is 1.97. The summed E-state index contributed by atoms with van der Waals surface area (Å²) < 4.78 is 0. The van der Waals surface area contributed by atoms with E-state index in [1.807, 2.05) is 13.0 Å². The summed E-state index contributed by atoms with van der Waals surface area (Å²) in [5.74, 6) is 0. The van der Waals surface area contributed by atoms with Crippen LogP contribution in [-0.2, 0) is 4.79 Å². The molecule has 68 valence electrons. The van der Waals surface area contributed by atoms with Crippen LogP contribution >= 0.6 is 0 Å². The van der Waals surface area contributed by atoms with Gasteiger partial charge in [-0.2, -0.15) is 0 Å². The second-order valence-electron chi connectivity index (χ2n) is 2.74. The number of benzene rings is 1. The Morgan fingerprint density at radius 2 is 2.15 bits per heavy atom. The maximum Gasteiger partial charge on any atom is 0.150 e. The van der Waals surface area contributed by atoms with Crippen LogP contribution in [0.4, 0.5) is 5.69 Å². The molecule has 0 fully saturated rings. The smallest absolute Gasteiger partial charge is 0.150 e. The van der Waals surface area contributed by atoms with Gasteiger partial charge in [-0.25, -0.2) is 0 Å². The van der Waals surface area contributed by atoms with Crippen molar-refractivity contribution in [2.24, 2.45) is 0 Å². The molecule has 0 heterocycles. The van der Waals surface area contributed by atoms with E-state index in [0.29, 0.717) is 12.1 Å². The molecule has 1 aromatic rings. The lowest BCUT2D eigenvalue weighted by atomic mass is 10.1. The first-order valence-electron chi connectivity index (χ1n) is 4.01. The number of hydrogen-bond acceptors (Lipinski definition) is 3. The highest BCUT2D eigenvalue weighted by atomic mass is 16.1. The van der Waals surface area contributed by atoms with Crippen LogP contribution in [0.15, 0.2) is 18.2 Å². The first kappa shape index (κ1) is 9.45. The third kappa shape index (κ3) is 2.40. The Morgan fingerprint density at radius 1 is 1.38 bits per heavy atom. The van der Waals surface area contributed by atoms with Crippen LogP contribution in [-0.4, -0.2) is 19.1 Å². The molecule has 0 saturated heterocycles. The van der Waals surface area contributed by atoms with Gasteiger partial charge in [0.2, 0.25) is 0 Å². The van der Waals surface area contributed by atoms with Crippen LogP contribution in [0.3, 0.4) is 0 Å². The number of hydrogen-bond donors (Lipinski definition) is 1. The normalized spacial score (nSPS) is 9.31. The Bertz CT molecular complexity index is 321. The van der Waals surface area contributed by atoms with Crippen LogP contribution in [0.2, 0.25) is 0 Å². The van der Waals surface area contributed by atoms with Crippen LogP contribution in [0.25, 0.3) is 0 Å². The van der Waals surface area contributed by atoms with Crippen molar-refractivity contribution in [2.45, 2.75) is 6.92 Å². The Balaban J connectivity index is 2.82. The molecule has 0 amide bonds. The molecule has 0 saturated carbocycles. The number of carbonyl (C=O) groups excluding carboxylic acids is 2. The molecule has 3 nitrogen and oxygen atoms in total. The van der Waals surface area contributed by atoms with Gasteiger partial charge in [-0.3, -0.25) is 4.79 Å². The van der Waals surface area contributed by atoms with E-state index in [1.54, 1.807) is 12.1 Å². The molecule has 0 unspecified atom stereocenters. The third-order valence-corrected chi connectivity index (χ3v) is 1.79. The molecular weight excluding hydrogens is 166 g/mol. The molecule has 1 aromatic carbocycles. The summed E-state index contributed by atoms with van der Waals surface area (Å²) >= 11 is 0. The van der Waals surface area contributed by atoms with Crippen LogP contribution in [0.1, 0.15) is 15.9 Å². The number of anilines is 1. The van der Waals surface area contributed by atoms with Crippen molar-refractivity contribution in [1.82, 2.24) is 0 Å². The van der Waals surface area contributed by atoms with Crippen LogP contribution in [0, 0.1) is 6.92 Å². The molecule has 1 rings (SSSR count). The molecule has 1 N–H and O–H groups in total. The number of carbonyl (C=O) groups is 2. The predicted octanol–water partition coefficient (Wildman–Crippen LogP) is 1.42. The van der Waals surface area contributed by atoms with Crippen molar-refractivity contribution in [1.29, 1.82) is 0 Å². The van der Waals surface area contributed by atoms with Crippen molar-refractivity contribution in [3.8, 4) is 0 Å². The molecule has 0 aliphatic rings. The van der Waals surface area contributed by atoms with Crippen molar-refractivity contribution >= 4 is 18.3 Å². The first-order chi connectivity index (χ1) is 6.27. The largest absolute Gasteiger partial charge is 0.378 e. The molecule has 0 radical (unpaired) electrons. The fourth-order valence-corrected chi connectivity index (χ4v) is 1.08. The van der Waals surface area contributed by atoms with Gasteiger partial charge in [0, 0.05) is 11.3 Å². The minimum absolute atomic E-state index is 0.292. The van der Waals surface area contributed by atoms with E-state index >= 15 is 0 Å². The number of aryl methyl sites for hydroxylation is 1. The van der Waals surface area contributed by atoms with Gasteiger partial charge in [-0.1, -0.05) is 0 Å².